The molecule has 0 aliphatic heterocycles. The highest BCUT2D eigenvalue weighted by Crippen LogP contribution is 2.19. The van der Waals surface area contributed by atoms with E-state index in [1.165, 1.54) is 0 Å². The van der Waals surface area contributed by atoms with E-state index in [1.807, 2.05) is 6.07 Å². The van der Waals surface area contributed by atoms with Crippen molar-refractivity contribution in [2.75, 3.05) is 0 Å². The summed E-state index contributed by atoms with van der Waals surface area (Å²) in [6.07, 6.45) is 0.187. The quantitative estimate of drug-likeness (QED) is 0.698. The molecule has 0 fully saturated rings. The van der Waals surface area contributed by atoms with Gasteiger partial charge in [0.25, 0.3) is 0 Å². The molecule has 0 aliphatic rings. The van der Waals surface area contributed by atoms with E-state index >= 15 is 0 Å². The van der Waals surface area contributed by atoms with Crippen LogP contribution in [0.4, 0.5) is 0 Å². The molecule has 13 heavy (non-hydrogen) atoms. The smallest absolute Gasteiger partial charge is 0.209 e. The van der Waals surface area contributed by atoms with Crippen LogP contribution in [0.3, 0.4) is 0 Å². The molecule has 2 aromatic rings. The summed E-state index contributed by atoms with van der Waals surface area (Å²) in [5.74, 6) is 0.430. The van der Waals surface area contributed by atoms with Crippen molar-refractivity contribution in [3.63, 3.8) is 0 Å². The van der Waals surface area contributed by atoms with Crippen molar-refractivity contribution >= 4 is 22.7 Å². The van der Waals surface area contributed by atoms with Gasteiger partial charge in [0.05, 0.1) is 6.07 Å². The molecular formula is C9H5ClN2O. The summed E-state index contributed by atoms with van der Waals surface area (Å²) in [7, 11) is 0. The van der Waals surface area contributed by atoms with Crippen molar-refractivity contribution in [2.45, 2.75) is 6.42 Å². The molecule has 1 heterocycles. The summed E-state index contributed by atoms with van der Waals surface area (Å²) in [4.78, 5) is 4.09. The number of nitriles is 1. The highest BCUT2D eigenvalue weighted by atomic mass is 35.5. The Morgan fingerprint density at radius 1 is 1.54 bits per heavy atom. The highest BCUT2D eigenvalue weighted by Gasteiger charge is 2.04. The normalized spacial score (nSPS) is 10.2. The lowest BCUT2D eigenvalue weighted by atomic mass is 10.3. The first-order chi connectivity index (χ1) is 6.29. The Hall–Kier alpha value is -1.53. The zero-order valence-corrected chi connectivity index (χ0v) is 7.38. The number of oxazole rings is 1. The maximum atomic E-state index is 8.42. The van der Waals surface area contributed by atoms with Crippen molar-refractivity contribution < 1.29 is 4.42 Å². The molecule has 0 amide bonds. The first kappa shape index (κ1) is 8.09. The number of aromatic nitrogens is 1. The average molecular weight is 193 g/mol. The Labute approximate surface area is 79.6 Å². The number of benzene rings is 1. The van der Waals surface area contributed by atoms with E-state index in [0.717, 1.165) is 0 Å². The molecule has 64 valence electrons. The van der Waals surface area contributed by atoms with Crippen molar-refractivity contribution in [1.82, 2.24) is 4.98 Å². The Kier molecular flexibility index (Phi) is 1.91. The second-order valence-electron chi connectivity index (χ2n) is 2.55. The van der Waals surface area contributed by atoms with Gasteiger partial charge in [0.1, 0.15) is 11.9 Å². The van der Waals surface area contributed by atoms with Gasteiger partial charge in [-0.2, -0.15) is 5.26 Å². The number of fused-ring (bicyclic) bond motifs is 1. The van der Waals surface area contributed by atoms with Gasteiger partial charge in [0.15, 0.2) is 5.58 Å². The topological polar surface area (TPSA) is 49.8 Å². The third-order valence-corrected chi connectivity index (χ3v) is 1.86. The average Bonchev–Trinajstić information content (AvgIpc) is 2.46. The molecule has 4 heteroatoms. The summed E-state index contributed by atoms with van der Waals surface area (Å²) < 4.78 is 5.27. The fourth-order valence-corrected chi connectivity index (χ4v) is 1.26. The minimum Gasteiger partial charge on any atom is -0.440 e. The second kappa shape index (κ2) is 3.08. The molecule has 2 rings (SSSR count). The molecular weight excluding hydrogens is 188 g/mol. The van der Waals surface area contributed by atoms with Gasteiger partial charge in [-0.05, 0) is 18.2 Å². The molecule has 0 saturated heterocycles. The monoisotopic (exact) mass is 192 g/mol. The van der Waals surface area contributed by atoms with Crippen LogP contribution in [-0.4, -0.2) is 4.98 Å². The lowest BCUT2D eigenvalue weighted by Crippen LogP contribution is -1.77. The van der Waals surface area contributed by atoms with Crippen molar-refractivity contribution in [2.24, 2.45) is 0 Å². The van der Waals surface area contributed by atoms with Crippen molar-refractivity contribution in [1.29, 1.82) is 5.26 Å². The number of halogens is 1. The molecule has 0 radical (unpaired) electrons. The predicted molar refractivity (Wildman–Crippen MR) is 48.3 cm³/mol. The Morgan fingerprint density at radius 3 is 3.15 bits per heavy atom. The lowest BCUT2D eigenvalue weighted by molar-refractivity contribution is 0.548. The van der Waals surface area contributed by atoms with E-state index in [2.05, 4.69) is 4.98 Å². The van der Waals surface area contributed by atoms with E-state index in [-0.39, 0.29) is 6.42 Å². The van der Waals surface area contributed by atoms with Crippen LogP contribution in [0, 0.1) is 11.3 Å². The summed E-state index contributed by atoms with van der Waals surface area (Å²) in [5.41, 5.74) is 1.35. The van der Waals surface area contributed by atoms with E-state index in [9.17, 15) is 0 Å². The molecule has 0 N–H and O–H groups in total. The van der Waals surface area contributed by atoms with Crippen LogP contribution in [0.25, 0.3) is 11.1 Å². The zero-order valence-electron chi connectivity index (χ0n) is 6.62. The number of hydrogen-bond acceptors (Lipinski definition) is 3. The van der Waals surface area contributed by atoms with Gasteiger partial charge in [-0.25, -0.2) is 4.98 Å². The fraction of sp³-hybridized carbons (Fsp3) is 0.111. The Balaban J connectivity index is 2.57. The van der Waals surface area contributed by atoms with Crippen molar-refractivity contribution in [3.8, 4) is 6.07 Å². The molecule has 3 nitrogen and oxygen atoms in total. The zero-order chi connectivity index (χ0) is 9.26. The summed E-state index contributed by atoms with van der Waals surface area (Å²) >= 11 is 5.76. The van der Waals surface area contributed by atoms with Gasteiger partial charge in [0.2, 0.25) is 5.89 Å². The van der Waals surface area contributed by atoms with Gasteiger partial charge >= 0.3 is 0 Å². The van der Waals surface area contributed by atoms with Gasteiger partial charge in [-0.3, -0.25) is 0 Å². The van der Waals surface area contributed by atoms with Gasteiger partial charge in [0, 0.05) is 5.02 Å². The van der Waals surface area contributed by atoms with Crippen LogP contribution in [0.5, 0.6) is 0 Å². The van der Waals surface area contributed by atoms with E-state index in [1.54, 1.807) is 18.2 Å². The molecule has 0 unspecified atom stereocenters. The largest absolute Gasteiger partial charge is 0.440 e. The summed E-state index contributed by atoms with van der Waals surface area (Å²) in [6.45, 7) is 0. The molecule has 1 aromatic carbocycles. The number of nitrogens with zero attached hydrogens (tertiary/aromatic N) is 2. The Morgan fingerprint density at radius 2 is 2.38 bits per heavy atom. The third kappa shape index (κ3) is 1.49. The molecule has 1 aromatic heterocycles. The van der Waals surface area contributed by atoms with Crippen LogP contribution in [-0.2, 0) is 6.42 Å². The van der Waals surface area contributed by atoms with E-state index < -0.39 is 0 Å². The minimum absolute atomic E-state index is 0.187. The maximum Gasteiger partial charge on any atom is 0.209 e. The lowest BCUT2D eigenvalue weighted by Gasteiger charge is -1.85. The SMILES string of the molecule is N#CCc1nc2cc(Cl)ccc2o1. The Bertz CT molecular complexity index is 484. The number of hydrogen-bond donors (Lipinski definition) is 0. The fourth-order valence-electron chi connectivity index (χ4n) is 1.09. The van der Waals surface area contributed by atoms with E-state index in [0.29, 0.717) is 22.0 Å². The third-order valence-electron chi connectivity index (χ3n) is 1.62. The first-order valence-electron chi connectivity index (χ1n) is 3.71. The molecule has 0 saturated carbocycles. The highest BCUT2D eigenvalue weighted by molar-refractivity contribution is 6.31. The standard InChI is InChI=1S/C9H5ClN2O/c10-6-1-2-8-7(5-6)12-9(13-8)3-4-11/h1-2,5H,3H2. The number of rotatable bonds is 1. The molecule has 0 atom stereocenters. The van der Waals surface area contributed by atoms with Gasteiger partial charge in [-0.15, -0.1) is 0 Å². The van der Waals surface area contributed by atoms with Crippen LogP contribution >= 0.6 is 11.6 Å². The minimum atomic E-state index is 0.187. The van der Waals surface area contributed by atoms with Crippen LogP contribution in [0.15, 0.2) is 22.6 Å². The van der Waals surface area contributed by atoms with Gasteiger partial charge < -0.3 is 4.42 Å². The van der Waals surface area contributed by atoms with Crippen LogP contribution in [0.1, 0.15) is 5.89 Å². The second-order valence-corrected chi connectivity index (χ2v) is 2.99. The van der Waals surface area contributed by atoms with E-state index in [4.69, 9.17) is 21.3 Å². The van der Waals surface area contributed by atoms with Crippen molar-refractivity contribution in [3.05, 3.63) is 29.1 Å². The van der Waals surface area contributed by atoms with Crippen LogP contribution < -0.4 is 0 Å². The summed E-state index contributed by atoms with van der Waals surface area (Å²) in [6, 6.07) is 7.15. The molecule has 0 aliphatic carbocycles. The molecule has 0 bridgehead atoms. The first-order valence-corrected chi connectivity index (χ1v) is 4.09. The maximum absolute atomic E-state index is 8.42. The van der Waals surface area contributed by atoms with Crippen LogP contribution in [0.2, 0.25) is 5.02 Å². The van der Waals surface area contributed by atoms with Gasteiger partial charge in [-0.1, -0.05) is 11.6 Å². The molecule has 0 spiro atoms. The summed E-state index contributed by atoms with van der Waals surface area (Å²) in [5, 5.41) is 9.04. The predicted octanol–water partition coefficient (Wildman–Crippen LogP) is 2.55.